The molecule has 0 fully saturated rings. The minimum atomic E-state index is -0.772. The molecule has 0 amide bonds. The second-order valence-electron chi connectivity index (χ2n) is 10.2. The molecule has 6 heteroatoms. The fourth-order valence-electron chi connectivity index (χ4n) is 5.39. The molecule has 2 atom stereocenters. The van der Waals surface area contributed by atoms with Gasteiger partial charge in [0.1, 0.15) is 0 Å². The molecule has 2 N–H and O–H groups in total. The quantitative estimate of drug-likeness (QED) is 0.290. The smallest absolute Gasteiger partial charge is 0.304 e. The van der Waals surface area contributed by atoms with E-state index in [1.54, 1.807) is 0 Å². The van der Waals surface area contributed by atoms with Crippen LogP contribution in [0.3, 0.4) is 0 Å². The minimum absolute atomic E-state index is 0.00445. The number of rotatable bonds is 13. The first-order valence-electron chi connectivity index (χ1n) is 13.5. The zero-order chi connectivity index (χ0) is 27.1. The Labute approximate surface area is 224 Å². The molecule has 2 aromatic rings. The Morgan fingerprint density at radius 2 is 1.00 bits per heavy atom. The van der Waals surface area contributed by atoms with Crippen LogP contribution in [0.5, 0.6) is 0 Å². The van der Waals surface area contributed by atoms with Crippen LogP contribution in [-0.4, -0.2) is 33.6 Å². The van der Waals surface area contributed by atoms with Gasteiger partial charge in [-0.05, 0) is 46.2 Å². The van der Waals surface area contributed by atoms with Crippen molar-refractivity contribution in [1.82, 2.24) is 0 Å². The molecular formula is C32H36N2O4. The van der Waals surface area contributed by atoms with Gasteiger partial charge in [-0.1, -0.05) is 75.2 Å². The summed E-state index contributed by atoms with van der Waals surface area (Å²) in [6, 6.07) is 16.9. The van der Waals surface area contributed by atoms with Crippen LogP contribution in [0.4, 0.5) is 0 Å². The molecule has 198 valence electrons. The number of allylic oxidation sites excluding steroid dienone is 2. The zero-order valence-electron chi connectivity index (χ0n) is 22.2. The molecular weight excluding hydrogens is 476 g/mol. The molecule has 0 aromatic heterocycles. The zero-order valence-corrected chi connectivity index (χ0v) is 22.2. The number of aliphatic imine (C=N–C) groups is 2. The number of nitrogens with zero attached hydrogens (tertiary/aromatic N) is 2. The maximum absolute atomic E-state index is 11.3. The van der Waals surface area contributed by atoms with Crippen molar-refractivity contribution in [2.45, 2.75) is 65.2 Å². The van der Waals surface area contributed by atoms with E-state index in [4.69, 9.17) is 0 Å². The Kier molecular flexibility index (Phi) is 9.06. The Morgan fingerprint density at radius 1 is 0.658 bits per heavy atom. The van der Waals surface area contributed by atoms with Crippen LogP contribution in [0.15, 0.2) is 70.9 Å². The van der Waals surface area contributed by atoms with Gasteiger partial charge in [0.2, 0.25) is 0 Å². The van der Waals surface area contributed by atoms with Crippen LogP contribution < -0.4 is 0 Å². The van der Waals surface area contributed by atoms with Gasteiger partial charge in [0.05, 0.1) is 12.8 Å². The van der Waals surface area contributed by atoms with Crippen LogP contribution >= 0.6 is 0 Å². The number of benzene rings is 2. The van der Waals surface area contributed by atoms with Crippen molar-refractivity contribution in [3.05, 3.63) is 72.1 Å². The third kappa shape index (κ3) is 6.74. The summed E-state index contributed by atoms with van der Waals surface area (Å²) in [4.78, 5) is 31.7. The molecule has 2 aliphatic heterocycles. The highest BCUT2D eigenvalue weighted by Gasteiger charge is 2.24. The van der Waals surface area contributed by atoms with E-state index in [2.05, 4.69) is 72.4 Å². The topological polar surface area (TPSA) is 99.3 Å². The lowest BCUT2D eigenvalue weighted by atomic mass is 9.89. The number of hydrogen-bond acceptors (Lipinski definition) is 4. The summed E-state index contributed by atoms with van der Waals surface area (Å²) < 4.78 is 0. The van der Waals surface area contributed by atoms with Gasteiger partial charge in [-0.3, -0.25) is 19.6 Å². The second kappa shape index (κ2) is 12.6. The maximum Gasteiger partial charge on any atom is 0.304 e. The molecule has 6 nitrogen and oxygen atoms in total. The van der Waals surface area contributed by atoms with Crippen molar-refractivity contribution in [2.75, 3.05) is 0 Å². The lowest BCUT2D eigenvalue weighted by Gasteiger charge is -2.15. The molecule has 2 aromatic carbocycles. The molecule has 2 heterocycles. The highest BCUT2D eigenvalue weighted by molar-refractivity contribution is 6.01. The third-order valence-electron chi connectivity index (χ3n) is 7.42. The van der Waals surface area contributed by atoms with E-state index in [0.717, 1.165) is 70.5 Å². The van der Waals surface area contributed by atoms with Gasteiger partial charge in [0.15, 0.2) is 0 Å². The van der Waals surface area contributed by atoms with Crippen molar-refractivity contribution < 1.29 is 19.8 Å². The predicted molar refractivity (Wildman–Crippen MR) is 153 cm³/mol. The van der Waals surface area contributed by atoms with E-state index in [-0.39, 0.29) is 24.7 Å². The fourth-order valence-corrected chi connectivity index (χ4v) is 5.39. The summed E-state index contributed by atoms with van der Waals surface area (Å²) in [7, 11) is 0. The summed E-state index contributed by atoms with van der Waals surface area (Å²) in [5, 5.41) is 18.5. The molecule has 0 aliphatic carbocycles. The van der Waals surface area contributed by atoms with Crippen molar-refractivity contribution in [3.8, 4) is 11.1 Å². The molecule has 0 unspecified atom stereocenters. The van der Waals surface area contributed by atoms with Gasteiger partial charge >= 0.3 is 11.9 Å². The molecule has 0 spiro atoms. The van der Waals surface area contributed by atoms with Gasteiger partial charge in [-0.25, -0.2) is 0 Å². The van der Waals surface area contributed by atoms with Crippen LogP contribution in [0.2, 0.25) is 0 Å². The predicted octanol–water partition coefficient (Wildman–Crippen LogP) is 7.51. The maximum atomic E-state index is 11.3. The van der Waals surface area contributed by atoms with Crippen molar-refractivity contribution in [1.29, 1.82) is 0 Å². The van der Waals surface area contributed by atoms with Gasteiger partial charge < -0.3 is 10.2 Å². The number of carboxylic acids is 2. The standard InChI is InChI=1S/C32H36N2O4/c1-3-5-25(17-31(35)36)29-15-27(19-33-29)23-11-7-21(8-12-23)22-9-13-24(14-10-22)28-16-30(34-20-28)26(6-4-2)18-32(37)38/h7-14,19-20,25-26H,3-6,15-18H2,1-2H3,(H,35,36)(H,37,38)/t25-,26-/m1/s1. The summed E-state index contributed by atoms with van der Waals surface area (Å²) in [6.45, 7) is 4.15. The van der Waals surface area contributed by atoms with E-state index in [0.29, 0.717) is 12.8 Å². The fraction of sp³-hybridized carbons (Fsp3) is 0.375. The van der Waals surface area contributed by atoms with Gasteiger partial charge in [0.25, 0.3) is 0 Å². The van der Waals surface area contributed by atoms with E-state index in [1.807, 2.05) is 12.4 Å². The van der Waals surface area contributed by atoms with Gasteiger partial charge in [-0.2, -0.15) is 0 Å². The Hall–Kier alpha value is -3.80. The molecule has 0 radical (unpaired) electrons. The number of carboxylic acid groups (broad SMARTS) is 2. The molecule has 0 saturated heterocycles. The SMILES string of the molecule is CCC[C@H](CC(=O)O)C1=NC=C(c2ccc(-c3ccc(C4=CN=C([C@H](CCC)CC(=O)O)C4)cc3)cc2)C1. The molecule has 4 rings (SSSR count). The van der Waals surface area contributed by atoms with Crippen LogP contribution in [0.1, 0.15) is 76.3 Å². The van der Waals surface area contributed by atoms with Crippen molar-refractivity contribution in [2.24, 2.45) is 21.8 Å². The third-order valence-corrected chi connectivity index (χ3v) is 7.42. The van der Waals surface area contributed by atoms with Gasteiger partial charge in [-0.15, -0.1) is 0 Å². The van der Waals surface area contributed by atoms with Crippen molar-refractivity contribution >= 4 is 34.5 Å². The largest absolute Gasteiger partial charge is 0.481 e. The lowest BCUT2D eigenvalue weighted by molar-refractivity contribution is -0.138. The first kappa shape index (κ1) is 27.2. The van der Waals surface area contributed by atoms with Crippen LogP contribution in [0.25, 0.3) is 22.3 Å². The number of hydrogen-bond donors (Lipinski definition) is 2. The average Bonchev–Trinajstić information content (AvgIpc) is 3.59. The first-order chi connectivity index (χ1) is 18.4. The summed E-state index contributed by atoms with van der Waals surface area (Å²) in [6.07, 6.45) is 9.01. The second-order valence-corrected chi connectivity index (χ2v) is 10.2. The van der Waals surface area contributed by atoms with E-state index < -0.39 is 11.9 Å². The van der Waals surface area contributed by atoms with E-state index >= 15 is 0 Å². The Balaban J connectivity index is 1.37. The van der Waals surface area contributed by atoms with Crippen LogP contribution in [-0.2, 0) is 9.59 Å². The highest BCUT2D eigenvalue weighted by Crippen LogP contribution is 2.33. The molecule has 0 saturated carbocycles. The van der Waals surface area contributed by atoms with Crippen LogP contribution in [0, 0.1) is 11.8 Å². The summed E-state index contributed by atoms with van der Waals surface area (Å²) in [5.41, 5.74) is 8.66. The molecule has 2 aliphatic rings. The summed E-state index contributed by atoms with van der Waals surface area (Å²) in [5.74, 6) is -1.55. The number of carbonyl (C=O) groups is 2. The monoisotopic (exact) mass is 512 g/mol. The number of aliphatic carboxylic acids is 2. The Bertz CT molecular complexity index is 1180. The Morgan fingerprint density at radius 3 is 1.32 bits per heavy atom. The lowest BCUT2D eigenvalue weighted by Crippen LogP contribution is -2.17. The van der Waals surface area contributed by atoms with Gasteiger partial charge in [0, 0.05) is 48.5 Å². The first-order valence-corrected chi connectivity index (χ1v) is 13.5. The van der Waals surface area contributed by atoms with E-state index in [1.165, 1.54) is 0 Å². The summed E-state index contributed by atoms with van der Waals surface area (Å²) >= 11 is 0. The minimum Gasteiger partial charge on any atom is -0.481 e. The van der Waals surface area contributed by atoms with E-state index in [9.17, 15) is 19.8 Å². The molecule has 38 heavy (non-hydrogen) atoms. The molecule has 0 bridgehead atoms. The normalized spacial score (nSPS) is 16.4. The van der Waals surface area contributed by atoms with Crippen molar-refractivity contribution in [3.63, 3.8) is 0 Å². The average molecular weight is 513 g/mol. The highest BCUT2D eigenvalue weighted by atomic mass is 16.4.